The summed E-state index contributed by atoms with van der Waals surface area (Å²) < 4.78 is 0.712. The maximum atomic E-state index is 12.6. The SMILES string of the molecule is CN(C)C(=O)c1nc(C(=O)c2cccs2)c2sccc2n1. The van der Waals surface area contributed by atoms with E-state index in [2.05, 4.69) is 9.97 Å². The molecule has 3 aromatic heterocycles. The molecule has 0 aliphatic carbocycles. The Morgan fingerprint density at radius 1 is 1.10 bits per heavy atom. The van der Waals surface area contributed by atoms with Crippen molar-refractivity contribution in [3.63, 3.8) is 0 Å². The molecule has 3 aromatic rings. The number of amides is 1. The maximum Gasteiger partial charge on any atom is 0.291 e. The second kappa shape index (κ2) is 5.34. The van der Waals surface area contributed by atoms with Crippen molar-refractivity contribution in [1.82, 2.24) is 14.9 Å². The van der Waals surface area contributed by atoms with Gasteiger partial charge in [0.2, 0.25) is 11.6 Å². The normalized spacial score (nSPS) is 10.8. The summed E-state index contributed by atoms with van der Waals surface area (Å²) in [6.45, 7) is 0. The van der Waals surface area contributed by atoms with Gasteiger partial charge in [-0.1, -0.05) is 6.07 Å². The average Bonchev–Trinajstić information content (AvgIpc) is 3.15. The highest BCUT2D eigenvalue weighted by Crippen LogP contribution is 2.25. The van der Waals surface area contributed by atoms with Gasteiger partial charge in [0.25, 0.3) is 5.91 Å². The van der Waals surface area contributed by atoms with Gasteiger partial charge in [-0.25, -0.2) is 9.97 Å². The number of carbonyl (C=O) groups is 2. The lowest BCUT2D eigenvalue weighted by atomic mass is 10.2. The zero-order valence-electron chi connectivity index (χ0n) is 11.4. The largest absolute Gasteiger partial charge is 0.342 e. The summed E-state index contributed by atoms with van der Waals surface area (Å²) in [6.07, 6.45) is 0. The van der Waals surface area contributed by atoms with Gasteiger partial charge in [0.15, 0.2) is 0 Å². The molecule has 21 heavy (non-hydrogen) atoms. The van der Waals surface area contributed by atoms with Crippen molar-refractivity contribution >= 4 is 44.6 Å². The molecular weight excluding hydrogens is 306 g/mol. The fraction of sp³-hybridized carbons (Fsp3) is 0.143. The smallest absolute Gasteiger partial charge is 0.291 e. The van der Waals surface area contributed by atoms with E-state index in [-0.39, 0.29) is 17.5 Å². The molecule has 7 heteroatoms. The molecule has 106 valence electrons. The topological polar surface area (TPSA) is 63.2 Å². The van der Waals surface area contributed by atoms with Crippen LogP contribution in [0, 0.1) is 0 Å². The van der Waals surface area contributed by atoms with Gasteiger partial charge in [0, 0.05) is 14.1 Å². The van der Waals surface area contributed by atoms with Crippen molar-refractivity contribution in [2.45, 2.75) is 0 Å². The van der Waals surface area contributed by atoms with E-state index in [9.17, 15) is 9.59 Å². The number of carbonyl (C=O) groups excluding carboxylic acids is 2. The van der Waals surface area contributed by atoms with Gasteiger partial charge in [-0.05, 0) is 22.9 Å². The van der Waals surface area contributed by atoms with Gasteiger partial charge in [-0.3, -0.25) is 9.59 Å². The van der Waals surface area contributed by atoms with Crippen LogP contribution in [0.15, 0.2) is 29.0 Å². The predicted octanol–water partition coefficient (Wildman–Crippen LogP) is 2.69. The lowest BCUT2D eigenvalue weighted by Gasteiger charge is -2.09. The maximum absolute atomic E-state index is 12.6. The zero-order chi connectivity index (χ0) is 15.0. The van der Waals surface area contributed by atoms with Crippen LogP contribution >= 0.6 is 22.7 Å². The number of fused-ring (bicyclic) bond motifs is 1. The van der Waals surface area contributed by atoms with Gasteiger partial charge < -0.3 is 4.90 Å². The van der Waals surface area contributed by atoms with Crippen LogP contribution in [0.1, 0.15) is 26.0 Å². The number of aromatic nitrogens is 2. The molecule has 0 atom stereocenters. The molecule has 0 saturated carbocycles. The molecule has 0 saturated heterocycles. The summed E-state index contributed by atoms with van der Waals surface area (Å²) in [5.74, 6) is -0.443. The van der Waals surface area contributed by atoms with Gasteiger partial charge >= 0.3 is 0 Å². The van der Waals surface area contributed by atoms with E-state index in [1.165, 1.54) is 27.6 Å². The number of thiophene rings is 2. The van der Waals surface area contributed by atoms with Crippen molar-refractivity contribution in [2.24, 2.45) is 0 Å². The Hall–Kier alpha value is -2.12. The number of ketones is 1. The van der Waals surface area contributed by atoms with Crippen molar-refractivity contribution in [3.8, 4) is 0 Å². The van der Waals surface area contributed by atoms with Crippen molar-refractivity contribution in [3.05, 3.63) is 45.4 Å². The quantitative estimate of drug-likeness (QED) is 0.697. The van der Waals surface area contributed by atoms with Gasteiger partial charge in [0.1, 0.15) is 5.69 Å². The van der Waals surface area contributed by atoms with Crippen LogP contribution in [0.3, 0.4) is 0 Å². The van der Waals surface area contributed by atoms with Gasteiger partial charge in [-0.2, -0.15) is 0 Å². The monoisotopic (exact) mass is 317 g/mol. The van der Waals surface area contributed by atoms with Crippen LogP contribution in [0.4, 0.5) is 0 Å². The highest BCUT2D eigenvalue weighted by atomic mass is 32.1. The van der Waals surface area contributed by atoms with Crippen LogP contribution in [-0.4, -0.2) is 40.7 Å². The van der Waals surface area contributed by atoms with Gasteiger partial charge in [0.05, 0.1) is 15.1 Å². The first-order chi connectivity index (χ1) is 10.1. The van der Waals surface area contributed by atoms with Crippen LogP contribution in [0.25, 0.3) is 10.2 Å². The average molecular weight is 317 g/mol. The molecular formula is C14H11N3O2S2. The number of hydrogen-bond donors (Lipinski definition) is 0. The predicted molar refractivity (Wildman–Crippen MR) is 83.2 cm³/mol. The van der Waals surface area contributed by atoms with Crippen LogP contribution in [0.2, 0.25) is 0 Å². The molecule has 0 aliphatic heterocycles. The van der Waals surface area contributed by atoms with Crippen molar-refractivity contribution in [2.75, 3.05) is 14.1 Å². The van der Waals surface area contributed by atoms with E-state index in [4.69, 9.17) is 0 Å². The number of nitrogens with zero attached hydrogens (tertiary/aromatic N) is 3. The second-order valence-electron chi connectivity index (χ2n) is 4.54. The Labute approximate surface area is 128 Å². The minimum Gasteiger partial charge on any atom is -0.342 e. The molecule has 1 amide bonds. The fourth-order valence-electron chi connectivity index (χ4n) is 1.84. The standard InChI is InChI=1S/C14H11N3O2S2/c1-17(2)14(19)13-15-8-5-7-21-12(8)10(16-13)11(18)9-4-3-6-20-9/h3-7H,1-2H3. The summed E-state index contributed by atoms with van der Waals surface area (Å²) in [7, 11) is 3.26. The first-order valence-corrected chi connectivity index (χ1v) is 7.89. The molecule has 5 nitrogen and oxygen atoms in total. The summed E-state index contributed by atoms with van der Waals surface area (Å²) in [5.41, 5.74) is 0.919. The molecule has 0 unspecified atom stereocenters. The van der Waals surface area contributed by atoms with Crippen LogP contribution in [0.5, 0.6) is 0 Å². The minimum absolute atomic E-state index is 0.0470. The zero-order valence-corrected chi connectivity index (χ0v) is 13.0. The summed E-state index contributed by atoms with van der Waals surface area (Å²) in [6, 6.07) is 5.36. The van der Waals surface area contributed by atoms with Crippen molar-refractivity contribution in [1.29, 1.82) is 0 Å². The molecule has 0 bridgehead atoms. The summed E-state index contributed by atoms with van der Waals surface area (Å²) >= 11 is 2.76. The third kappa shape index (κ3) is 2.45. The van der Waals surface area contributed by atoms with Crippen LogP contribution in [-0.2, 0) is 0 Å². The fourth-order valence-corrected chi connectivity index (χ4v) is 3.32. The Morgan fingerprint density at radius 2 is 1.90 bits per heavy atom. The molecule has 0 aromatic carbocycles. The number of hydrogen-bond acceptors (Lipinski definition) is 6. The van der Waals surface area contributed by atoms with Crippen molar-refractivity contribution < 1.29 is 9.59 Å². The molecule has 3 rings (SSSR count). The Kier molecular flexibility index (Phi) is 3.52. The van der Waals surface area contributed by atoms with E-state index in [0.717, 1.165) is 0 Å². The molecule has 0 spiro atoms. The molecule has 0 aliphatic rings. The lowest BCUT2D eigenvalue weighted by molar-refractivity contribution is 0.0816. The van der Waals surface area contributed by atoms with Crippen LogP contribution < -0.4 is 0 Å². The van der Waals surface area contributed by atoms with E-state index < -0.39 is 0 Å². The third-order valence-corrected chi connectivity index (χ3v) is 4.64. The first kappa shape index (κ1) is 13.8. The molecule has 0 N–H and O–H groups in total. The lowest BCUT2D eigenvalue weighted by Crippen LogP contribution is -2.25. The van der Waals surface area contributed by atoms with E-state index in [1.54, 1.807) is 26.2 Å². The molecule has 3 heterocycles. The Bertz CT molecular complexity index is 822. The van der Waals surface area contributed by atoms with E-state index in [0.29, 0.717) is 20.8 Å². The Morgan fingerprint density at radius 3 is 2.57 bits per heavy atom. The highest BCUT2D eigenvalue weighted by molar-refractivity contribution is 7.17. The van der Waals surface area contributed by atoms with E-state index >= 15 is 0 Å². The second-order valence-corrected chi connectivity index (χ2v) is 6.40. The highest BCUT2D eigenvalue weighted by Gasteiger charge is 2.21. The summed E-state index contributed by atoms with van der Waals surface area (Å²) in [4.78, 5) is 35.1. The molecule has 0 radical (unpaired) electrons. The Balaban J connectivity index is 2.19. The first-order valence-electron chi connectivity index (χ1n) is 6.13. The molecule has 0 fully saturated rings. The minimum atomic E-state index is -0.316. The van der Waals surface area contributed by atoms with Gasteiger partial charge in [-0.15, -0.1) is 22.7 Å². The van der Waals surface area contributed by atoms with E-state index in [1.807, 2.05) is 16.8 Å². The number of rotatable bonds is 3. The summed E-state index contributed by atoms with van der Waals surface area (Å²) in [5, 5.41) is 3.68. The third-order valence-electron chi connectivity index (χ3n) is 2.86.